The molecule has 0 aliphatic rings. The molecule has 3 aromatic heterocycles. The van der Waals surface area contributed by atoms with Gasteiger partial charge in [0.25, 0.3) is 5.89 Å². The van der Waals surface area contributed by atoms with Gasteiger partial charge in [0.2, 0.25) is 5.82 Å². The zero-order valence-electron chi connectivity index (χ0n) is 15.8. The van der Waals surface area contributed by atoms with E-state index in [1.165, 1.54) is 16.9 Å². The Kier molecular flexibility index (Phi) is 5.46. The molecule has 148 valence electrons. The molecule has 0 atom stereocenters. The Bertz CT molecular complexity index is 1130. The highest BCUT2D eigenvalue weighted by atomic mass is 35.5. The Morgan fingerprint density at radius 1 is 1.24 bits per heavy atom. The lowest BCUT2D eigenvalue weighted by molar-refractivity contribution is 0.0429. The lowest BCUT2D eigenvalue weighted by atomic mass is 10.1. The first kappa shape index (κ1) is 19.4. The number of thiophene rings is 1. The molecular weight excluding hydrogens is 412 g/mol. The second-order valence-corrected chi connectivity index (χ2v) is 7.77. The van der Waals surface area contributed by atoms with Crippen molar-refractivity contribution in [1.29, 1.82) is 0 Å². The third-order valence-electron chi connectivity index (χ3n) is 4.26. The van der Waals surface area contributed by atoms with E-state index in [4.69, 9.17) is 20.9 Å². The van der Waals surface area contributed by atoms with Gasteiger partial charge in [0.15, 0.2) is 6.61 Å². The summed E-state index contributed by atoms with van der Waals surface area (Å²) in [6, 6.07) is 11.8. The number of nitrogens with zero attached hydrogens (tertiary/aromatic N) is 4. The van der Waals surface area contributed by atoms with Crippen molar-refractivity contribution in [3.63, 3.8) is 0 Å². The van der Waals surface area contributed by atoms with E-state index in [-0.39, 0.29) is 23.2 Å². The third-order valence-corrected chi connectivity index (χ3v) is 5.51. The lowest BCUT2D eigenvalue weighted by Crippen LogP contribution is -2.07. The van der Waals surface area contributed by atoms with Crippen molar-refractivity contribution in [3.8, 4) is 10.7 Å². The van der Waals surface area contributed by atoms with Crippen molar-refractivity contribution in [2.75, 3.05) is 0 Å². The standard InChI is InChI=1S/C20H17ClN4O3S/c1-12-5-7-14(8-6-12)10-25-18(21)17(13(2)23-25)20(26)27-11-16-22-19(24-28-16)15-4-3-9-29-15/h3-9H,10-11H2,1-2H3. The predicted octanol–water partition coefficient (Wildman–Crippen LogP) is 4.67. The number of hydrogen-bond donors (Lipinski definition) is 0. The zero-order chi connectivity index (χ0) is 20.4. The first-order chi connectivity index (χ1) is 14.0. The van der Waals surface area contributed by atoms with E-state index in [1.54, 1.807) is 11.6 Å². The Morgan fingerprint density at radius 2 is 2.03 bits per heavy atom. The molecule has 4 rings (SSSR count). The highest BCUT2D eigenvalue weighted by molar-refractivity contribution is 7.13. The van der Waals surface area contributed by atoms with Crippen LogP contribution in [0.4, 0.5) is 0 Å². The SMILES string of the molecule is Cc1ccc(Cn2nc(C)c(C(=O)OCc3nc(-c4cccs4)no3)c2Cl)cc1. The molecule has 0 aliphatic carbocycles. The first-order valence-electron chi connectivity index (χ1n) is 8.83. The van der Waals surface area contributed by atoms with Gasteiger partial charge in [-0.05, 0) is 30.9 Å². The van der Waals surface area contributed by atoms with Crippen LogP contribution in [0.1, 0.15) is 33.1 Å². The molecule has 0 saturated heterocycles. The zero-order valence-corrected chi connectivity index (χ0v) is 17.3. The summed E-state index contributed by atoms with van der Waals surface area (Å²) in [5.74, 6) is 0.0901. The number of aromatic nitrogens is 4. The topological polar surface area (TPSA) is 83.0 Å². The Labute approximate surface area is 175 Å². The maximum atomic E-state index is 12.6. The molecule has 29 heavy (non-hydrogen) atoms. The summed E-state index contributed by atoms with van der Waals surface area (Å²) in [6.45, 7) is 4.06. The van der Waals surface area contributed by atoms with E-state index in [0.717, 1.165) is 10.4 Å². The third kappa shape index (κ3) is 4.23. The van der Waals surface area contributed by atoms with Crippen LogP contribution < -0.4 is 0 Å². The average molecular weight is 429 g/mol. The van der Waals surface area contributed by atoms with Crippen LogP contribution >= 0.6 is 22.9 Å². The minimum Gasteiger partial charge on any atom is -0.452 e. The highest BCUT2D eigenvalue weighted by Gasteiger charge is 2.23. The van der Waals surface area contributed by atoms with Gasteiger partial charge in [-0.2, -0.15) is 10.1 Å². The van der Waals surface area contributed by atoms with Gasteiger partial charge in [0.05, 0.1) is 17.1 Å². The van der Waals surface area contributed by atoms with Gasteiger partial charge in [-0.1, -0.05) is 52.7 Å². The molecular formula is C20H17ClN4O3S. The van der Waals surface area contributed by atoms with Crippen LogP contribution in [0.5, 0.6) is 0 Å². The molecule has 0 amide bonds. The molecule has 0 radical (unpaired) electrons. The molecule has 4 aromatic rings. The molecule has 0 bridgehead atoms. The van der Waals surface area contributed by atoms with E-state index in [2.05, 4.69) is 15.2 Å². The van der Waals surface area contributed by atoms with E-state index in [1.807, 2.05) is 48.7 Å². The van der Waals surface area contributed by atoms with Crippen LogP contribution in [-0.4, -0.2) is 25.9 Å². The fourth-order valence-corrected chi connectivity index (χ4v) is 3.74. The molecule has 7 nitrogen and oxygen atoms in total. The molecule has 3 heterocycles. The molecule has 0 fully saturated rings. The molecule has 1 aromatic carbocycles. The summed E-state index contributed by atoms with van der Waals surface area (Å²) in [5, 5.41) is 10.4. The number of benzene rings is 1. The van der Waals surface area contributed by atoms with Crippen molar-refractivity contribution in [2.24, 2.45) is 0 Å². The average Bonchev–Trinajstić information content (AvgIpc) is 3.43. The van der Waals surface area contributed by atoms with Crippen molar-refractivity contribution in [1.82, 2.24) is 19.9 Å². The van der Waals surface area contributed by atoms with Crippen LogP contribution in [0, 0.1) is 13.8 Å². The largest absolute Gasteiger partial charge is 0.452 e. The summed E-state index contributed by atoms with van der Waals surface area (Å²) in [6.07, 6.45) is 0. The molecule has 0 spiro atoms. The van der Waals surface area contributed by atoms with Crippen LogP contribution in [0.25, 0.3) is 10.7 Å². The van der Waals surface area contributed by atoms with Gasteiger partial charge in [-0.25, -0.2) is 9.48 Å². The fraction of sp³-hybridized carbons (Fsp3) is 0.200. The number of hydrogen-bond acceptors (Lipinski definition) is 7. The maximum Gasteiger partial charge on any atom is 0.343 e. The second-order valence-electron chi connectivity index (χ2n) is 6.46. The number of ether oxygens (including phenoxy) is 1. The number of aryl methyl sites for hydroxylation is 2. The highest BCUT2D eigenvalue weighted by Crippen LogP contribution is 2.24. The van der Waals surface area contributed by atoms with Crippen molar-refractivity contribution < 1.29 is 14.1 Å². The minimum absolute atomic E-state index is 0.143. The summed E-state index contributed by atoms with van der Waals surface area (Å²) in [4.78, 5) is 17.7. The number of esters is 1. The van der Waals surface area contributed by atoms with E-state index >= 15 is 0 Å². The molecule has 0 N–H and O–H groups in total. The van der Waals surface area contributed by atoms with Gasteiger partial charge >= 0.3 is 5.97 Å². The quantitative estimate of drug-likeness (QED) is 0.415. The van der Waals surface area contributed by atoms with E-state index < -0.39 is 5.97 Å². The summed E-state index contributed by atoms with van der Waals surface area (Å²) in [7, 11) is 0. The Morgan fingerprint density at radius 3 is 2.76 bits per heavy atom. The Hall–Kier alpha value is -2.97. The maximum absolute atomic E-state index is 12.6. The summed E-state index contributed by atoms with van der Waals surface area (Å²) in [5.41, 5.74) is 2.93. The first-order valence-corrected chi connectivity index (χ1v) is 10.1. The minimum atomic E-state index is -0.585. The van der Waals surface area contributed by atoms with Crippen LogP contribution in [0.2, 0.25) is 5.15 Å². The van der Waals surface area contributed by atoms with Gasteiger partial charge in [0, 0.05) is 0 Å². The van der Waals surface area contributed by atoms with E-state index in [0.29, 0.717) is 18.1 Å². The predicted molar refractivity (Wildman–Crippen MR) is 109 cm³/mol. The summed E-state index contributed by atoms with van der Waals surface area (Å²) < 4.78 is 12.0. The molecule has 9 heteroatoms. The number of carbonyl (C=O) groups excluding carboxylic acids is 1. The molecule has 0 saturated carbocycles. The van der Waals surface area contributed by atoms with Crippen LogP contribution in [-0.2, 0) is 17.9 Å². The van der Waals surface area contributed by atoms with Crippen LogP contribution in [0.3, 0.4) is 0 Å². The number of halogens is 1. The van der Waals surface area contributed by atoms with Gasteiger partial charge in [-0.3, -0.25) is 0 Å². The van der Waals surface area contributed by atoms with Gasteiger partial charge in [-0.15, -0.1) is 11.3 Å². The Balaban J connectivity index is 1.44. The van der Waals surface area contributed by atoms with Crippen molar-refractivity contribution in [2.45, 2.75) is 27.0 Å². The number of rotatable bonds is 6. The fourth-order valence-electron chi connectivity index (χ4n) is 2.78. The number of carbonyl (C=O) groups is 1. The monoisotopic (exact) mass is 428 g/mol. The summed E-state index contributed by atoms with van der Waals surface area (Å²) >= 11 is 7.91. The van der Waals surface area contributed by atoms with Crippen LogP contribution in [0.15, 0.2) is 46.3 Å². The van der Waals surface area contributed by atoms with Crippen molar-refractivity contribution in [3.05, 3.63) is 75.2 Å². The van der Waals surface area contributed by atoms with Gasteiger partial charge in [0.1, 0.15) is 10.7 Å². The normalized spacial score (nSPS) is 11.0. The lowest BCUT2D eigenvalue weighted by Gasteiger charge is -2.05. The van der Waals surface area contributed by atoms with E-state index in [9.17, 15) is 4.79 Å². The second kappa shape index (κ2) is 8.18. The van der Waals surface area contributed by atoms with Crippen molar-refractivity contribution >= 4 is 28.9 Å². The van der Waals surface area contributed by atoms with Gasteiger partial charge < -0.3 is 9.26 Å². The molecule has 0 aliphatic heterocycles. The smallest absolute Gasteiger partial charge is 0.343 e. The molecule has 0 unspecified atom stereocenters.